The molecule has 0 spiro atoms. The van der Waals surface area contributed by atoms with Gasteiger partial charge in [-0.1, -0.05) is 11.3 Å². The second-order valence-corrected chi connectivity index (χ2v) is 6.07. The summed E-state index contributed by atoms with van der Waals surface area (Å²) in [6.45, 7) is 4.11. The topological polar surface area (TPSA) is 52.0 Å². The van der Waals surface area contributed by atoms with Gasteiger partial charge in [0.25, 0.3) is 0 Å². The number of rotatable bonds is 3. The fourth-order valence-corrected chi connectivity index (χ4v) is 2.98. The molecule has 1 N–H and O–H groups in total. The van der Waals surface area contributed by atoms with Crippen LogP contribution in [0.25, 0.3) is 11.0 Å². The van der Waals surface area contributed by atoms with Gasteiger partial charge in [0.05, 0.1) is 18.3 Å². The summed E-state index contributed by atoms with van der Waals surface area (Å²) >= 11 is 3.60. The highest BCUT2D eigenvalue weighted by atomic mass is 79.9. The number of fused-ring (bicyclic) bond motifs is 1. The average Bonchev–Trinajstić information content (AvgIpc) is 2.87. The van der Waals surface area contributed by atoms with Gasteiger partial charge in [0, 0.05) is 22.8 Å². The second-order valence-electron chi connectivity index (χ2n) is 5.21. The molecule has 114 valence electrons. The van der Waals surface area contributed by atoms with E-state index >= 15 is 0 Å². The normalized spacial score (nSPS) is 11.0. The number of aryl methyl sites for hydroxylation is 2. The van der Waals surface area contributed by atoms with Crippen LogP contribution in [0, 0.1) is 13.8 Å². The van der Waals surface area contributed by atoms with Crippen LogP contribution in [0.1, 0.15) is 11.1 Å². The Kier molecular flexibility index (Phi) is 3.78. The number of hydrogen-bond donors (Lipinski definition) is 1. The highest BCUT2D eigenvalue weighted by molar-refractivity contribution is 9.10. The van der Waals surface area contributed by atoms with Crippen LogP contribution in [-0.2, 0) is 7.05 Å². The van der Waals surface area contributed by atoms with E-state index in [0.717, 1.165) is 43.8 Å². The van der Waals surface area contributed by atoms with Crippen molar-refractivity contribution >= 4 is 38.3 Å². The van der Waals surface area contributed by atoms with Crippen LogP contribution in [0.2, 0.25) is 0 Å². The van der Waals surface area contributed by atoms with Gasteiger partial charge in [0.15, 0.2) is 0 Å². The lowest BCUT2D eigenvalue weighted by molar-refractivity contribution is 0.412. The predicted octanol–water partition coefficient (Wildman–Crippen LogP) is 4.10. The van der Waals surface area contributed by atoms with E-state index in [1.807, 2.05) is 38.2 Å². The van der Waals surface area contributed by atoms with Crippen molar-refractivity contribution < 1.29 is 4.74 Å². The van der Waals surface area contributed by atoms with Crippen molar-refractivity contribution in [3.05, 3.63) is 39.9 Å². The fourth-order valence-electron chi connectivity index (χ4n) is 2.56. The number of aromatic nitrogens is 3. The molecule has 22 heavy (non-hydrogen) atoms. The summed E-state index contributed by atoms with van der Waals surface area (Å²) in [4.78, 5) is 0. The molecule has 6 heteroatoms. The van der Waals surface area contributed by atoms with Crippen LogP contribution < -0.4 is 10.1 Å². The Hall–Kier alpha value is -2.08. The zero-order valence-corrected chi connectivity index (χ0v) is 14.5. The van der Waals surface area contributed by atoms with Crippen LogP contribution in [0.4, 0.5) is 11.4 Å². The molecule has 0 unspecified atom stereocenters. The van der Waals surface area contributed by atoms with Crippen LogP contribution in [0.3, 0.4) is 0 Å². The number of methoxy groups -OCH3 is 1. The van der Waals surface area contributed by atoms with Crippen molar-refractivity contribution in [1.29, 1.82) is 0 Å². The smallest absolute Gasteiger partial charge is 0.137 e. The maximum atomic E-state index is 5.42. The molecule has 0 radical (unpaired) electrons. The summed E-state index contributed by atoms with van der Waals surface area (Å²) in [6.07, 6.45) is 0. The molecule has 0 fully saturated rings. The Labute approximate surface area is 137 Å². The van der Waals surface area contributed by atoms with Crippen molar-refractivity contribution in [2.75, 3.05) is 12.4 Å². The fraction of sp³-hybridized carbons (Fsp3) is 0.250. The number of nitrogens with one attached hydrogen (secondary N) is 1. The van der Waals surface area contributed by atoms with Gasteiger partial charge < -0.3 is 10.1 Å². The van der Waals surface area contributed by atoms with Crippen LogP contribution in [0.15, 0.2) is 28.7 Å². The molecule has 1 heterocycles. The zero-order valence-electron chi connectivity index (χ0n) is 12.9. The first kappa shape index (κ1) is 14.8. The van der Waals surface area contributed by atoms with E-state index in [1.165, 1.54) is 0 Å². The van der Waals surface area contributed by atoms with E-state index in [9.17, 15) is 0 Å². The van der Waals surface area contributed by atoms with Crippen molar-refractivity contribution in [3.8, 4) is 5.75 Å². The Morgan fingerprint density at radius 1 is 1.14 bits per heavy atom. The van der Waals surface area contributed by atoms with Gasteiger partial charge in [-0.05, 0) is 53.5 Å². The molecule has 1 aromatic heterocycles. The molecular weight excluding hydrogens is 344 g/mol. The third-order valence-electron chi connectivity index (χ3n) is 3.83. The highest BCUT2D eigenvalue weighted by Crippen LogP contribution is 2.36. The molecule has 0 amide bonds. The first-order valence-corrected chi connectivity index (χ1v) is 7.71. The van der Waals surface area contributed by atoms with Gasteiger partial charge in [-0.15, -0.1) is 5.10 Å². The lowest BCUT2D eigenvalue weighted by atomic mass is 10.1. The molecule has 0 saturated heterocycles. The number of hydrogen-bond acceptors (Lipinski definition) is 4. The van der Waals surface area contributed by atoms with E-state index in [4.69, 9.17) is 4.74 Å². The van der Waals surface area contributed by atoms with Gasteiger partial charge in [-0.2, -0.15) is 0 Å². The van der Waals surface area contributed by atoms with E-state index in [2.05, 4.69) is 38.5 Å². The van der Waals surface area contributed by atoms with E-state index in [1.54, 1.807) is 11.8 Å². The standard InChI is InChI=1S/C16H17BrN4O/c1-9-5-8-13(22-4)10(2)14(9)18-15-11(17)6-7-12-16(15)19-20-21(12)3/h5-8,18H,1-4H3. The number of nitrogens with zero attached hydrogens (tertiary/aromatic N) is 3. The Balaban J connectivity index is 2.17. The summed E-state index contributed by atoms with van der Waals surface area (Å²) in [5.41, 5.74) is 5.95. The minimum absolute atomic E-state index is 0.832. The van der Waals surface area contributed by atoms with Crippen LogP contribution in [-0.4, -0.2) is 22.1 Å². The van der Waals surface area contributed by atoms with Gasteiger partial charge in [0.1, 0.15) is 11.3 Å². The third kappa shape index (κ3) is 2.33. The Morgan fingerprint density at radius 2 is 1.91 bits per heavy atom. The summed E-state index contributed by atoms with van der Waals surface area (Å²) in [6, 6.07) is 8.02. The SMILES string of the molecule is COc1ccc(C)c(Nc2c(Br)ccc3c2nnn3C)c1C. The zero-order chi connectivity index (χ0) is 15.9. The predicted molar refractivity (Wildman–Crippen MR) is 92.0 cm³/mol. The molecular formula is C16H17BrN4O. The summed E-state index contributed by atoms with van der Waals surface area (Å²) in [7, 11) is 3.57. The van der Waals surface area contributed by atoms with E-state index in [-0.39, 0.29) is 0 Å². The average molecular weight is 361 g/mol. The van der Waals surface area contributed by atoms with Crippen molar-refractivity contribution in [1.82, 2.24) is 15.0 Å². The number of anilines is 2. The molecule has 2 aromatic carbocycles. The number of benzene rings is 2. The molecule has 0 bridgehead atoms. The van der Waals surface area contributed by atoms with Gasteiger partial charge in [-0.25, -0.2) is 4.68 Å². The molecule has 0 aliphatic rings. The molecule has 5 nitrogen and oxygen atoms in total. The minimum Gasteiger partial charge on any atom is -0.496 e. The van der Waals surface area contributed by atoms with Gasteiger partial charge >= 0.3 is 0 Å². The first-order chi connectivity index (χ1) is 10.5. The largest absolute Gasteiger partial charge is 0.496 e. The lowest BCUT2D eigenvalue weighted by Gasteiger charge is -2.16. The molecule has 3 aromatic rings. The van der Waals surface area contributed by atoms with Crippen LogP contribution in [0.5, 0.6) is 5.75 Å². The summed E-state index contributed by atoms with van der Waals surface area (Å²) in [5, 5.41) is 11.9. The van der Waals surface area contributed by atoms with E-state index in [0.29, 0.717) is 0 Å². The maximum Gasteiger partial charge on any atom is 0.137 e. The number of halogens is 1. The van der Waals surface area contributed by atoms with Gasteiger partial charge in [0.2, 0.25) is 0 Å². The minimum atomic E-state index is 0.832. The molecule has 0 atom stereocenters. The summed E-state index contributed by atoms with van der Waals surface area (Å²) < 4.78 is 8.12. The number of ether oxygens (including phenoxy) is 1. The van der Waals surface area contributed by atoms with Crippen molar-refractivity contribution in [2.45, 2.75) is 13.8 Å². The van der Waals surface area contributed by atoms with E-state index < -0.39 is 0 Å². The third-order valence-corrected chi connectivity index (χ3v) is 4.49. The van der Waals surface area contributed by atoms with Crippen LogP contribution >= 0.6 is 15.9 Å². The highest BCUT2D eigenvalue weighted by Gasteiger charge is 2.14. The summed E-state index contributed by atoms with van der Waals surface area (Å²) in [5.74, 6) is 0.857. The molecule has 0 aliphatic carbocycles. The monoisotopic (exact) mass is 360 g/mol. The molecule has 0 aliphatic heterocycles. The van der Waals surface area contributed by atoms with Crippen molar-refractivity contribution in [3.63, 3.8) is 0 Å². The quantitative estimate of drug-likeness (QED) is 0.763. The molecule has 0 saturated carbocycles. The second kappa shape index (κ2) is 5.61. The molecule has 3 rings (SSSR count). The lowest BCUT2D eigenvalue weighted by Crippen LogP contribution is -2.00. The van der Waals surface area contributed by atoms with Crippen molar-refractivity contribution in [2.24, 2.45) is 7.05 Å². The van der Waals surface area contributed by atoms with Gasteiger partial charge in [-0.3, -0.25) is 0 Å². The maximum absolute atomic E-state index is 5.42. The first-order valence-electron chi connectivity index (χ1n) is 6.92. The Bertz CT molecular complexity index is 857. The Morgan fingerprint density at radius 3 is 2.64 bits per heavy atom.